The number of hydrogen-bond acceptors (Lipinski definition) is 3. The van der Waals surface area contributed by atoms with Crippen LogP contribution < -0.4 is 5.32 Å². The third-order valence-corrected chi connectivity index (χ3v) is 5.03. The zero-order chi connectivity index (χ0) is 18.9. The van der Waals surface area contributed by atoms with Gasteiger partial charge in [0.2, 0.25) is 5.91 Å². The Morgan fingerprint density at radius 3 is 2.50 bits per heavy atom. The standard InChI is InChI=1S/C18H16F3N3OS/c1-11(26-17-23-14-9-5-6-10-15(14)24(17)2)16(25)22-13-8-4-3-7-12(13)18(19,20)21/h3-11H,1-2H3,(H,22,25)/t11-/m1/s1. The van der Waals surface area contributed by atoms with Crippen LogP contribution in [-0.2, 0) is 18.0 Å². The summed E-state index contributed by atoms with van der Waals surface area (Å²) >= 11 is 1.20. The number of nitrogens with one attached hydrogen (secondary N) is 1. The molecule has 136 valence electrons. The van der Waals surface area contributed by atoms with Crippen molar-refractivity contribution in [3.8, 4) is 0 Å². The second-order valence-electron chi connectivity index (χ2n) is 5.73. The van der Waals surface area contributed by atoms with E-state index in [9.17, 15) is 18.0 Å². The summed E-state index contributed by atoms with van der Waals surface area (Å²) < 4.78 is 41.0. The molecule has 1 heterocycles. The zero-order valence-electron chi connectivity index (χ0n) is 14.0. The molecule has 1 amide bonds. The molecule has 0 unspecified atom stereocenters. The number of rotatable bonds is 4. The van der Waals surface area contributed by atoms with E-state index in [0.29, 0.717) is 5.16 Å². The molecule has 8 heteroatoms. The number of aromatic nitrogens is 2. The molecule has 0 radical (unpaired) electrons. The molecule has 3 aromatic rings. The Labute approximate surface area is 152 Å². The van der Waals surface area contributed by atoms with Crippen LogP contribution in [0.2, 0.25) is 0 Å². The van der Waals surface area contributed by atoms with Gasteiger partial charge in [0, 0.05) is 7.05 Å². The van der Waals surface area contributed by atoms with Gasteiger partial charge in [-0.25, -0.2) is 4.98 Å². The van der Waals surface area contributed by atoms with E-state index >= 15 is 0 Å². The van der Waals surface area contributed by atoms with Crippen LogP contribution in [0.5, 0.6) is 0 Å². The van der Waals surface area contributed by atoms with Gasteiger partial charge in [0.25, 0.3) is 0 Å². The van der Waals surface area contributed by atoms with Crippen molar-refractivity contribution in [1.82, 2.24) is 9.55 Å². The highest BCUT2D eigenvalue weighted by Crippen LogP contribution is 2.35. The molecule has 3 rings (SSSR count). The van der Waals surface area contributed by atoms with Gasteiger partial charge in [-0.05, 0) is 31.2 Å². The number of thioether (sulfide) groups is 1. The number of carbonyl (C=O) groups excluding carboxylic acids is 1. The third kappa shape index (κ3) is 3.70. The highest BCUT2D eigenvalue weighted by molar-refractivity contribution is 8.00. The second-order valence-corrected chi connectivity index (χ2v) is 7.04. The van der Waals surface area contributed by atoms with Gasteiger partial charge >= 0.3 is 6.18 Å². The highest BCUT2D eigenvalue weighted by Gasteiger charge is 2.34. The van der Waals surface area contributed by atoms with Gasteiger partial charge in [-0.15, -0.1) is 0 Å². The van der Waals surface area contributed by atoms with Gasteiger partial charge in [-0.3, -0.25) is 4.79 Å². The van der Waals surface area contributed by atoms with Crippen LogP contribution in [-0.4, -0.2) is 20.7 Å². The maximum Gasteiger partial charge on any atom is 0.418 e. The van der Waals surface area contributed by atoms with E-state index in [1.54, 1.807) is 6.92 Å². The van der Waals surface area contributed by atoms with E-state index in [1.807, 2.05) is 35.9 Å². The average Bonchev–Trinajstić information content (AvgIpc) is 2.90. The lowest BCUT2D eigenvalue weighted by Crippen LogP contribution is -2.24. The van der Waals surface area contributed by atoms with Gasteiger partial charge in [0.15, 0.2) is 5.16 Å². The Kier molecular flexibility index (Phi) is 4.95. The fraction of sp³-hybridized carbons (Fsp3) is 0.222. The lowest BCUT2D eigenvalue weighted by Gasteiger charge is -2.16. The molecule has 1 aromatic heterocycles. The summed E-state index contributed by atoms with van der Waals surface area (Å²) in [5, 5.41) is 2.38. The normalized spacial score (nSPS) is 13.0. The Morgan fingerprint density at radius 2 is 1.81 bits per heavy atom. The average molecular weight is 379 g/mol. The van der Waals surface area contributed by atoms with Crippen molar-refractivity contribution in [2.24, 2.45) is 7.05 Å². The molecule has 0 fully saturated rings. The molecule has 0 spiro atoms. The maximum absolute atomic E-state index is 13.0. The fourth-order valence-corrected chi connectivity index (χ4v) is 3.40. The molecule has 2 aromatic carbocycles. The molecule has 0 saturated carbocycles. The van der Waals surface area contributed by atoms with Crippen molar-refractivity contribution in [2.45, 2.75) is 23.5 Å². The number of imidazole rings is 1. The number of nitrogens with zero attached hydrogens (tertiary/aromatic N) is 2. The van der Waals surface area contributed by atoms with Gasteiger partial charge in [-0.1, -0.05) is 36.0 Å². The molecule has 0 saturated heterocycles. The monoisotopic (exact) mass is 379 g/mol. The Morgan fingerprint density at radius 1 is 1.15 bits per heavy atom. The second kappa shape index (κ2) is 7.03. The number of para-hydroxylation sites is 3. The third-order valence-electron chi connectivity index (χ3n) is 3.89. The van der Waals surface area contributed by atoms with Crippen molar-refractivity contribution in [2.75, 3.05) is 5.32 Å². The summed E-state index contributed by atoms with van der Waals surface area (Å²) in [6.45, 7) is 1.63. The highest BCUT2D eigenvalue weighted by atomic mass is 32.2. The quantitative estimate of drug-likeness (QED) is 0.668. The van der Waals surface area contributed by atoms with E-state index in [0.717, 1.165) is 17.1 Å². The summed E-state index contributed by atoms with van der Waals surface area (Å²) in [5.74, 6) is -0.515. The molecular weight excluding hydrogens is 363 g/mol. The molecule has 1 N–H and O–H groups in total. The minimum atomic E-state index is -4.53. The van der Waals surface area contributed by atoms with Crippen LogP contribution in [0.3, 0.4) is 0 Å². The lowest BCUT2D eigenvalue weighted by molar-refractivity contribution is -0.137. The molecule has 0 aliphatic carbocycles. The van der Waals surface area contributed by atoms with E-state index in [4.69, 9.17) is 0 Å². The van der Waals surface area contributed by atoms with Crippen LogP contribution in [0.15, 0.2) is 53.7 Å². The van der Waals surface area contributed by atoms with E-state index in [2.05, 4.69) is 10.3 Å². The SMILES string of the molecule is C[C@@H](Sc1nc2ccccc2n1C)C(=O)Nc1ccccc1C(F)(F)F. The number of benzene rings is 2. The van der Waals surface area contributed by atoms with Gasteiger partial charge in [0.05, 0.1) is 27.5 Å². The number of hydrogen-bond donors (Lipinski definition) is 1. The Balaban J connectivity index is 1.77. The van der Waals surface area contributed by atoms with Crippen molar-refractivity contribution in [1.29, 1.82) is 0 Å². The maximum atomic E-state index is 13.0. The molecular formula is C18H16F3N3OS. The lowest BCUT2D eigenvalue weighted by atomic mass is 10.1. The summed E-state index contributed by atoms with van der Waals surface area (Å²) in [4.78, 5) is 16.9. The first kappa shape index (κ1) is 18.3. The van der Waals surface area contributed by atoms with Crippen LogP contribution in [0, 0.1) is 0 Å². The van der Waals surface area contributed by atoms with Crippen LogP contribution in [0.25, 0.3) is 11.0 Å². The van der Waals surface area contributed by atoms with Gasteiger partial charge < -0.3 is 9.88 Å². The van der Waals surface area contributed by atoms with Crippen molar-refractivity contribution in [3.05, 3.63) is 54.1 Å². The zero-order valence-corrected chi connectivity index (χ0v) is 14.9. The predicted molar refractivity (Wildman–Crippen MR) is 96.1 cm³/mol. The number of alkyl halides is 3. The van der Waals surface area contributed by atoms with E-state index < -0.39 is 22.9 Å². The topological polar surface area (TPSA) is 46.9 Å². The number of fused-ring (bicyclic) bond motifs is 1. The van der Waals surface area contributed by atoms with E-state index in [-0.39, 0.29) is 5.69 Å². The minimum absolute atomic E-state index is 0.248. The first-order valence-corrected chi connectivity index (χ1v) is 8.70. The number of amides is 1. The number of aryl methyl sites for hydroxylation is 1. The first-order chi connectivity index (χ1) is 12.3. The van der Waals surface area contributed by atoms with Gasteiger partial charge in [-0.2, -0.15) is 13.2 Å². The fourth-order valence-electron chi connectivity index (χ4n) is 2.51. The van der Waals surface area contributed by atoms with Crippen molar-refractivity contribution < 1.29 is 18.0 Å². The van der Waals surface area contributed by atoms with Crippen LogP contribution >= 0.6 is 11.8 Å². The molecule has 26 heavy (non-hydrogen) atoms. The van der Waals surface area contributed by atoms with Crippen molar-refractivity contribution in [3.63, 3.8) is 0 Å². The largest absolute Gasteiger partial charge is 0.418 e. The summed E-state index contributed by atoms with van der Waals surface area (Å²) in [6, 6.07) is 12.5. The first-order valence-electron chi connectivity index (χ1n) is 7.82. The van der Waals surface area contributed by atoms with Crippen LogP contribution in [0.4, 0.5) is 18.9 Å². The molecule has 0 aliphatic rings. The van der Waals surface area contributed by atoms with Gasteiger partial charge in [0.1, 0.15) is 0 Å². The number of halogens is 3. The Bertz CT molecular complexity index is 952. The molecule has 4 nitrogen and oxygen atoms in total. The number of carbonyl (C=O) groups is 1. The number of anilines is 1. The minimum Gasteiger partial charge on any atom is -0.325 e. The Hall–Kier alpha value is -2.48. The summed E-state index contributed by atoms with van der Waals surface area (Å²) in [5.41, 5.74) is 0.605. The smallest absolute Gasteiger partial charge is 0.325 e. The van der Waals surface area contributed by atoms with Crippen LogP contribution in [0.1, 0.15) is 12.5 Å². The molecule has 0 bridgehead atoms. The van der Waals surface area contributed by atoms with Crippen molar-refractivity contribution >= 4 is 34.4 Å². The van der Waals surface area contributed by atoms with E-state index in [1.165, 1.54) is 30.0 Å². The molecule has 1 atom stereocenters. The summed E-state index contributed by atoms with van der Waals surface area (Å²) in [6.07, 6.45) is -4.53. The molecule has 0 aliphatic heterocycles. The summed E-state index contributed by atoms with van der Waals surface area (Å²) in [7, 11) is 1.83. The predicted octanol–water partition coefficient (Wildman–Crippen LogP) is 4.71.